The van der Waals surface area contributed by atoms with Gasteiger partial charge in [-0.05, 0) is 12.1 Å². The predicted molar refractivity (Wildman–Crippen MR) is 53.5 cm³/mol. The third-order valence-electron chi connectivity index (χ3n) is 1.70. The zero-order valence-electron chi connectivity index (χ0n) is 7.00. The first-order chi connectivity index (χ1) is 5.75. The van der Waals surface area contributed by atoms with Gasteiger partial charge in [0.05, 0.1) is 5.69 Å². The Morgan fingerprint density at radius 3 is 2.67 bits per heavy atom. The second-order valence-corrected chi connectivity index (χ2v) is 3.04. The largest absolute Gasteiger partial charge is 0.371 e. The van der Waals surface area contributed by atoms with E-state index >= 15 is 0 Å². The monoisotopic (exact) mass is 185 g/mol. The number of hydrogen-bond donors (Lipinski definition) is 1. The summed E-state index contributed by atoms with van der Waals surface area (Å²) in [5.41, 5.74) is 0.631. The van der Waals surface area contributed by atoms with Crippen molar-refractivity contribution in [3.63, 3.8) is 0 Å². The summed E-state index contributed by atoms with van der Waals surface area (Å²) >= 11 is 4.08. The molecule has 0 saturated carbocycles. The van der Waals surface area contributed by atoms with Gasteiger partial charge in [0.2, 0.25) is 0 Å². The highest BCUT2D eigenvalue weighted by Gasteiger charge is 2.03. The molecule has 0 amide bonds. The van der Waals surface area contributed by atoms with Crippen molar-refractivity contribution < 1.29 is 4.39 Å². The molecular formula is C9H12FNS. The highest BCUT2D eigenvalue weighted by atomic mass is 32.1. The van der Waals surface area contributed by atoms with Crippen molar-refractivity contribution in [2.45, 2.75) is 0 Å². The van der Waals surface area contributed by atoms with Crippen LogP contribution in [-0.2, 0) is 0 Å². The van der Waals surface area contributed by atoms with Crippen LogP contribution in [0.1, 0.15) is 0 Å². The maximum atomic E-state index is 13.1. The van der Waals surface area contributed by atoms with Crippen LogP contribution in [0.5, 0.6) is 0 Å². The average Bonchev–Trinajstić information content (AvgIpc) is 2.05. The summed E-state index contributed by atoms with van der Waals surface area (Å²) in [6.07, 6.45) is 0. The van der Waals surface area contributed by atoms with Crippen LogP contribution in [0.3, 0.4) is 0 Å². The van der Waals surface area contributed by atoms with Crippen molar-refractivity contribution in [2.24, 2.45) is 0 Å². The van der Waals surface area contributed by atoms with Crippen molar-refractivity contribution in [1.82, 2.24) is 0 Å². The molecule has 0 bridgehead atoms. The topological polar surface area (TPSA) is 3.24 Å². The number of para-hydroxylation sites is 1. The number of anilines is 1. The minimum absolute atomic E-state index is 0.179. The summed E-state index contributed by atoms with van der Waals surface area (Å²) in [6.45, 7) is 0.754. The number of nitrogens with zero attached hydrogens (tertiary/aromatic N) is 1. The van der Waals surface area contributed by atoms with E-state index in [-0.39, 0.29) is 5.82 Å². The Hall–Kier alpha value is -0.700. The second-order valence-electron chi connectivity index (χ2n) is 2.60. The van der Waals surface area contributed by atoms with Gasteiger partial charge < -0.3 is 4.90 Å². The van der Waals surface area contributed by atoms with E-state index in [1.165, 1.54) is 6.07 Å². The van der Waals surface area contributed by atoms with Gasteiger partial charge in [0.15, 0.2) is 0 Å². The van der Waals surface area contributed by atoms with Crippen LogP contribution in [0.15, 0.2) is 24.3 Å². The second kappa shape index (κ2) is 4.36. The standard InChI is InChI=1S/C9H12FNS/c1-11(6-7-12)9-5-3-2-4-8(9)10/h2-5,12H,6-7H2,1H3. The van der Waals surface area contributed by atoms with Gasteiger partial charge >= 0.3 is 0 Å². The van der Waals surface area contributed by atoms with Crippen LogP contribution in [0, 0.1) is 5.82 Å². The molecular weight excluding hydrogens is 173 g/mol. The Kier molecular flexibility index (Phi) is 3.41. The summed E-state index contributed by atoms with van der Waals surface area (Å²) in [5, 5.41) is 0. The lowest BCUT2D eigenvalue weighted by atomic mass is 10.3. The van der Waals surface area contributed by atoms with E-state index < -0.39 is 0 Å². The van der Waals surface area contributed by atoms with Crippen LogP contribution >= 0.6 is 12.6 Å². The van der Waals surface area contributed by atoms with E-state index in [1.807, 2.05) is 18.0 Å². The predicted octanol–water partition coefficient (Wildman–Crippen LogP) is 2.19. The van der Waals surface area contributed by atoms with Gasteiger partial charge in [0.25, 0.3) is 0 Å². The van der Waals surface area contributed by atoms with Crippen molar-refractivity contribution in [2.75, 3.05) is 24.2 Å². The molecule has 0 heterocycles. The zero-order valence-corrected chi connectivity index (χ0v) is 7.89. The van der Waals surface area contributed by atoms with Gasteiger partial charge in [-0.1, -0.05) is 12.1 Å². The summed E-state index contributed by atoms with van der Waals surface area (Å²) < 4.78 is 13.1. The van der Waals surface area contributed by atoms with Gasteiger partial charge in [-0.15, -0.1) is 0 Å². The first-order valence-corrected chi connectivity index (χ1v) is 4.45. The molecule has 1 aromatic carbocycles. The number of rotatable bonds is 3. The normalized spacial score (nSPS) is 9.92. The summed E-state index contributed by atoms with van der Waals surface area (Å²) in [7, 11) is 1.86. The minimum Gasteiger partial charge on any atom is -0.371 e. The van der Waals surface area contributed by atoms with Gasteiger partial charge in [-0.25, -0.2) is 4.39 Å². The number of hydrogen-bond acceptors (Lipinski definition) is 2. The maximum absolute atomic E-state index is 13.1. The highest BCUT2D eigenvalue weighted by Crippen LogP contribution is 2.16. The molecule has 0 aromatic heterocycles. The molecule has 0 aliphatic carbocycles. The lowest BCUT2D eigenvalue weighted by Gasteiger charge is -2.18. The van der Waals surface area contributed by atoms with E-state index in [4.69, 9.17) is 0 Å². The fraction of sp³-hybridized carbons (Fsp3) is 0.333. The highest BCUT2D eigenvalue weighted by molar-refractivity contribution is 7.80. The molecule has 0 spiro atoms. The molecule has 1 aromatic rings. The van der Waals surface area contributed by atoms with Crippen LogP contribution in [0.4, 0.5) is 10.1 Å². The van der Waals surface area contributed by atoms with E-state index in [2.05, 4.69) is 12.6 Å². The molecule has 12 heavy (non-hydrogen) atoms. The third kappa shape index (κ3) is 2.14. The Labute approximate surface area is 77.6 Å². The van der Waals surface area contributed by atoms with Crippen LogP contribution in [0.25, 0.3) is 0 Å². The van der Waals surface area contributed by atoms with E-state index in [1.54, 1.807) is 12.1 Å². The summed E-state index contributed by atoms with van der Waals surface area (Å²) in [6, 6.07) is 6.74. The van der Waals surface area contributed by atoms with Crippen LogP contribution < -0.4 is 4.90 Å². The van der Waals surface area contributed by atoms with Crippen molar-refractivity contribution >= 4 is 18.3 Å². The number of benzene rings is 1. The number of halogens is 1. The molecule has 0 unspecified atom stereocenters. The molecule has 0 saturated heterocycles. The first-order valence-electron chi connectivity index (χ1n) is 3.82. The Morgan fingerprint density at radius 2 is 2.08 bits per heavy atom. The van der Waals surface area contributed by atoms with Gasteiger partial charge in [-0.3, -0.25) is 0 Å². The van der Waals surface area contributed by atoms with Crippen LogP contribution in [-0.4, -0.2) is 19.3 Å². The first kappa shape index (κ1) is 9.39. The molecule has 0 aliphatic rings. The molecule has 0 N–H and O–H groups in total. The van der Waals surface area contributed by atoms with Gasteiger partial charge in [0.1, 0.15) is 5.82 Å². The van der Waals surface area contributed by atoms with Crippen molar-refractivity contribution in [3.8, 4) is 0 Å². The van der Waals surface area contributed by atoms with Crippen molar-refractivity contribution in [3.05, 3.63) is 30.1 Å². The molecule has 0 aliphatic heterocycles. The molecule has 1 rings (SSSR count). The lowest BCUT2D eigenvalue weighted by Crippen LogP contribution is -2.20. The maximum Gasteiger partial charge on any atom is 0.146 e. The smallest absolute Gasteiger partial charge is 0.146 e. The average molecular weight is 185 g/mol. The zero-order chi connectivity index (χ0) is 8.97. The van der Waals surface area contributed by atoms with Crippen molar-refractivity contribution in [1.29, 1.82) is 0 Å². The Bertz CT molecular complexity index is 252. The molecule has 0 atom stereocenters. The minimum atomic E-state index is -0.179. The van der Waals surface area contributed by atoms with E-state index in [9.17, 15) is 4.39 Å². The third-order valence-corrected chi connectivity index (χ3v) is 1.90. The summed E-state index contributed by atoms with van der Waals surface area (Å²) in [4.78, 5) is 1.85. The quantitative estimate of drug-likeness (QED) is 0.706. The molecule has 0 radical (unpaired) electrons. The van der Waals surface area contributed by atoms with E-state index in [0.29, 0.717) is 5.69 Å². The molecule has 0 fully saturated rings. The van der Waals surface area contributed by atoms with Crippen LogP contribution in [0.2, 0.25) is 0 Å². The fourth-order valence-electron chi connectivity index (χ4n) is 1.03. The molecule has 66 valence electrons. The number of thiol groups is 1. The van der Waals surface area contributed by atoms with Gasteiger partial charge in [0, 0.05) is 19.3 Å². The van der Waals surface area contributed by atoms with Gasteiger partial charge in [-0.2, -0.15) is 12.6 Å². The lowest BCUT2D eigenvalue weighted by molar-refractivity contribution is 0.624. The SMILES string of the molecule is CN(CCS)c1ccccc1F. The Morgan fingerprint density at radius 1 is 1.42 bits per heavy atom. The molecule has 1 nitrogen and oxygen atoms in total. The summed E-state index contributed by atoms with van der Waals surface area (Å²) in [5.74, 6) is 0.548. The molecule has 3 heteroatoms. The Balaban J connectivity index is 2.79. The fourth-order valence-corrected chi connectivity index (χ4v) is 1.33. The van der Waals surface area contributed by atoms with E-state index in [0.717, 1.165) is 12.3 Å².